The summed E-state index contributed by atoms with van der Waals surface area (Å²) in [6.45, 7) is 7.23. The number of carbonyl (C=O) groups is 1. The Kier molecular flexibility index (Phi) is 7.56. The van der Waals surface area contributed by atoms with E-state index < -0.39 is 0 Å². The fourth-order valence-electron chi connectivity index (χ4n) is 3.96. The minimum absolute atomic E-state index is 0.0628. The summed E-state index contributed by atoms with van der Waals surface area (Å²) in [6.07, 6.45) is 0. The molecular weight excluding hydrogens is 458 g/mol. The van der Waals surface area contributed by atoms with Crippen LogP contribution < -0.4 is 10.3 Å². The lowest BCUT2D eigenvalue weighted by Crippen LogP contribution is -2.30. The van der Waals surface area contributed by atoms with Gasteiger partial charge in [-0.25, -0.2) is 4.98 Å². The lowest BCUT2D eigenvalue weighted by Gasteiger charge is -2.19. The van der Waals surface area contributed by atoms with Gasteiger partial charge >= 0.3 is 0 Å². The summed E-state index contributed by atoms with van der Waals surface area (Å²) < 4.78 is 6.92. The minimum atomic E-state index is -0.172. The van der Waals surface area contributed by atoms with Crippen molar-refractivity contribution < 1.29 is 9.53 Å². The Hall–Kier alpha value is -3.58. The highest BCUT2D eigenvalue weighted by molar-refractivity contribution is 7.98. The molecule has 0 saturated carbocycles. The Bertz CT molecular complexity index is 1410. The molecule has 4 aromatic rings. The SMILES string of the molecule is CCN(CC)C(=O)c1ccc2c(=O)n(-c3ccc(OC)cc3)c(SCc3ccccc3C)nc2c1. The van der Waals surface area contributed by atoms with Gasteiger partial charge in [-0.2, -0.15) is 0 Å². The van der Waals surface area contributed by atoms with Crippen LogP contribution in [0.15, 0.2) is 76.7 Å². The molecule has 1 amide bonds. The second kappa shape index (κ2) is 10.8. The molecule has 180 valence electrons. The Morgan fingerprint density at radius 2 is 1.74 bits per heavy atom. The van der Waals surface area contributed by atoms with E-state index in [2.05, 4.69) is 19.1 Å². The van der Waals surface area contributed by atoms with Crippen LogP contribution in [0.2, 0.25) is 0 Å². The van der Waals surface area contributed by atoms with Crippen LogP contribution in [-0.4, -0.2) is 40.6 Å². The maximum atomic E-state index is 13.7. The molecule has 0 aliphatic heterocycles. The van der Waals surface area contributed by atoms with Crippen LogP contribution >= 0.6 is 11.8 Å². The van der Waals surface area contributed by atoms with Crippen molar-refractivity contribution in [1.29, 1.82) is 0 Å². The second-order valence-electron chi connectivity index (χ2n) is 8.16. The number of thioether (sulfide) groups is 1. The standard InChI is InChI=1S/C28H29N3O3S/c1-5-30(6-2)26(32)20-11-16-24-25(17-20)29-28(35-18-21-10-8-7-9-19(21)3)31(27(24)33)22-12-14-23(34-4)15-13-22/h7-17H,5-6,18H2,1-4H3. The third kappa shape index (κ3) is 5.10. The van der Waals surface area contributed by atoms with E-state index in [-0.39, 0.29) is 11.5 Å². The molecule has 0 N–H and O–H groups in total. The first-order valence-electron chi connectivity index (χ1n) is 11.6. The van der Waals surface area contributed by atoms with Crippen molar-refractivity contribution in [2.24, 2.45) is 0 Å². The number of hydrogen-bond donors (Lipinski definition) is 0. The molecule has 0 radical (unpaired) electrons. The molecule has 1 aromatic heterocycles. The van der Waals surface area contributed by atoms with E-state index in [1.54, 1.807) is 34.8 Å². The van der Waals surface area contributed by atoms with E-state index in [0.717, 1.165) is 0 Å². The van der Waals surface area contributed by atoms with Crippen molar-refractivity contribution in [2.75, 3.05) is 20.2 Å². The highest BCUT2D eigenvalue weighted by atomic mass is 32.2. The van der Waals surface area contributed by atoms with Crippen molar-refractivity contribution in [2.45, 2.75) is 31.7 Å². The number of ether oxygens (including phenoxy) is 1. The Morgan fingerprint density at radius 1 is 1.03 bits per heavy atom. The lowest BCUT2D eigenvalue weighted by molar-refractivity contribution is 0.0773. The molecule has 0 atom stereocenters. The van der Waals surface area contributed by atoms with Crippen molar-refractivity contribution in [1.82, 2.24) is 14.5 Å². The van der Waals surface area contributed by atoms with Crippen LogP contribution in [-0.2, 0) is 5.75 Å². The van der Waals surface area contributed by atoms with Crippen LogP contribution in [0.1, 0.15) is 35.3 Å². The van der Waals surface area contributed by atoms with Crippen LogP contribution in [0.4, 0.5) is 0 Å². The van der Waals surface area contributed by atoms with Gasteiger partial charge in [0.2, 0.25) is 0 Å². The molecule has 35 heavy (non-hydrogen) atoms. The quantitative estimate of drug-likeness (QED) is 0.243. The molecule has 0 unspecified atom stereocenters. The molecule has 0 bridgehead atoms. The van der Waals surface area contributed by atoms with E-state index in [4.69, 9.17) is 9.72 Å². The van der Waals surface area contributed by atoms with E-state index in [9.17, 15) is 9.59 Å². The predicted molar refractivity (Wildman–Crippen MR) is 142 cm³/mol. The van der Waals surface area contributed by atoms with Crippen molar-refractivity contribution in [3.63, 3.8) is 0 Å². The first-order valence-corrected chi connectivity index (χ1v) is 12.6. The molecule has 7 heteroatoms. The van der Waals surface area contributed by atoms with E-state index in [0.29, 0.717) is 51.9 Å². The molecular formula is C28H29N3O3S. The summed E-state index contributed by atoms with van der Waals surface area (Å²) >= 11 is 1.50. The third-order valence-electron chi connectivity index (χ3n) is 6.08. The van der Waals surface area contributed by atoms with Crippen LogP contribution in [0.3, 0.4) is 0 Å². The topological polar surface area (TPSA) is 64.4 Å². The van der Waals surface area contributed by atoms with Gasteiger partial charge in [0.1, 0.15) is 5.75 Å². The molecule has 0 aliphatic carbocycles. The fraction of sp³-hybridized carbons (Fsp3) is 0.250. The summed E-state index contributed by atoms with van der Waals surface area (Å²) in [7, 11) is 1.61. The molecule has 0 saturated heterocycles. The summed E-state index contributed by atoms with van der Waals surface area (Å²) in [5.41, 5.74) is 3.95. The average molecular weight is 488 g/mol. The monoisotopic (exact) mass is 487 g/mol. The molecule has 0 fully saturated rings. The average Bonchev–Trinajstić information content (AvgIpc) is 2.88. The zero-order chi connectivity index (χ0) is 24.9. The zero-order valence-electron chi connectivity index (χ0n) is 20.4. The largest absolute Gasteiger partial charge is 0.497 e. The van der Waals surface area contributed by atoms with Gasteiger partial charge in [-0.15, -0.1) is 0 Å². The molecule has 6 nitrogen and oxygen atoms in total. The number of methoxy groups -OCH3 is 1. The van der Waals surface area contributed by atoms with Gasteiger partial charge in [-0.3, -0.25) is 14.2 Å². The zero-order valence-corrected chi connectivity index (χ0v) is 21.3. The first-order chi connectivity index (χ1) is 17.0. The minimum Gasteiger partial charge on any atom is -0.497 e. The highest BCUT2D eigenvalue weighted by Gasteiger charge is 2.18. The van der Waals surface area contributed by atoms with Crippen molar-refractivity contribution in [3.05, 3.63) is 93.8 Å². The Labute approximate surface area is 209 Å². The number of fused-ring (bicyclic) bond motifs is 1. The van der Waals surface area contributed by atoms with Crippen molar-refractivity contribution >= 4 is 28.6 Å². The maximum Gasteiger partial charge on any atom is 0.266 e. The maximum absolute atomic E-state index is 13.7. The molecule has 1 heterocycles. The van der Waals surface area contributed by atoms with E-state index >= 15 is 0 Å². The number of nitrogens with zero attached hydrogens (tertiary/aromatic N) is 3. The first kappa shape index (κ1) is 24.5. The summed E-state index contributed by atoms with van der Waals surface area (Å²) in [6, 6.07) is 20.7. The van der Waals surface area contributed by atoms with Crippen LogP contribution in [0.5, 0.6) is 5.75 Å². The molecule has 0 spiro atoms. The molecule has 4 rings (SSSR count). The third-order valence-corrected chi connectivity index (χ3v) is 7.07. The molecule has 3 aromatic carbocycles. The summed E-state index contributed by atoms with van der Waals surface area (Å²) in [4.78, 5) is 33.2. The summed E-state index contributed by atoms with van der Waals surface area (Å²) in [5.74, 6) is 1.31. The number of rotatable bonds is 8. The van der Waals surface area contributed by atoms with E-state index in [1.165, 1.54) is 22.9 Å². The predicted octanol–water partition coefficient (Wildman–Crippen LogP) is 5.48. The van der Waals surface area contributed by atoms with Gasteiger partial charge in [0.15, 0.2) is 5.16 Å². The van der Waals surface area contributed by atoms with Gasteiger partial charge in [-0.05, 0) is 74.4 Å². The molecule has 0 aliphatic rings. The number of amides is 1. The fourth-order valence-corrected chi connectivity index (χ4v) is 5.05. The Balaban J connectivity index is 1.84. The van der Waals surface area contributed by atoms with Gasteiger partial charge in [0.25, 0.3) is 11.5 Å². The summed E-state index contributed by atoms with van der Waals surface area (Å²) in [5, 5.41) is 1.04. The Morgan fingerprint density at radius 3 is 2.40 bits per heavy atom. The van der Waals surface area contributed by atoms with Crippen molar-refractivity contribution in [3.8, 4) is 11.4 Å². The van der Waals surface area contributed by atoms with Gasteiger partial charge in [0, 0.05) is 24.4 Å². The highest BCUT2D eigenvalue weighted by Crippen LogP contribution is 2.27. The normalized spacial score (nSPS) is 11.0. The van der Waals surface area contributed by atoms with Gasteiger partial charge < -0.3 is 9.64 Å². The number of hydrogen-bond acceptors (Lipinski definition) is 5. The number of benzene rings is 3. The van der Waals surface area contributed by atoms with E-state index in [1.807, 2.05) is 50.2 Å². The van der Waals surface area contributed by atoms with Crippen LogP contribution in [0.25, 0.3) is 16.6 Å². The lowest BCUT2D eigenvalue weighted by atomic mass is 10.1. The van der Waals surface area contributed by atoms with Gasteiger partial charge in [0.05, 0.1) is 23.7 Å². The second-order valence-corrected chi connectivity index (χ2v) is 9.10. The smallest absolute Gasteiger partial charge is 0.266 e. The number of aryl methyl sites for hydroxylation is 1. The van der Waals surface area contributed by atoms with Gasteiger partial charge in [-0.1, -0.05) is 36.0 Å². The number of aromatic nitrogens is 2. The van der Waals surface area contributed by atoms with Crippen LogP contribution in [0, 0.1) is 6.92 Å². The number of carbonyl (C=O) groups excluding carboxylic acids is 1.